The fraction of sp³-hybridized carbons (Fsp3) is 0.688. The van der Waals surface area contributed by atoms with Crippen LogP contribution in [-0.2, 0) is 11.3 Å². The first kappa shape index (κ1) is 19.5. The van der Waals surface area contributed by atoms with Gasteiger partial charge in [-0.05, 0) is 60.7 Å². The van der Waals surface area contributed by atoms with Crippen LogP contribution in [0.1, 0.15) is 39.5 Å². The summed E-state index contributed by atoms with van der Waals surface area (Å²) in [5, 5.41) is 6.33. The minimum Gasteiger partial charge on any atom is -0.444 e. The number of halogens is 1. The maximum atomic E-state index is 11.7. The molecule has 0 aliphatic rings. The molecule has 0 aliphatic carbocycles. The molecule has 1 heterocycles. The van der Waals surface area contributed by atoms with Gasteiger partial charge in [0.15, 0.2) is 0 Å². The van der Waals surface area contributed by atoms with E-state index in [-0.39, 0.29) is 6.09 Å². The van der Waals surface area contributed by atoms with Gasteiger partial charge in [0, 0.05) is 24.5 Å². The van der Waals surface area contributed by atoms with E-state index in [2.05, 4.69) is 52.5 Å². The summed E-state index contributed by atoms with van der Waals surface area (Å²) in [6.45, 7) is 12.3. The van der Waals surface area contributed by atoms with Crippen LogP contribution >= 0.6 is 27.3 Å². The number of hydrogen-bond donors (Lipinski definition) is 2. The molecule has 1 unspecified atom stereocenters. The standard InChI is InChI=1S/C16H27BrN2O2S/c1-11(2)12(9-19-15(20)21-16(3,4)5)8-18-10-13-6-7-14(17)22-13/h6-7,11-12,18H,8-10H2,1-5H3,(H,19,20). The fourth-order valence-corrected chi connectivity index (χ4v) is 3.35. The smallest absolute Gasteiger partial charge is 0.407 e. The number of nitrogens with one attached hydrogen (secondary N) is 2. The monoisotopic (exact) mass is 390 g/mol. The number of rotatable bonds is 7. The van der Waals surface area contributed by atoms with Crippen molar-refractivity contribution in [2.75, 3.05) is 13.1 Å². The maximum Gasteiger partial charge on any atom is 0.407 e. The molecule has 1 aromatic heterocycles. The van der Waals surface area contributed by atoms with Crippen LogP contribution in [0.4, 0.5) is 4.79 Å². The largest absolute Gasteiger partial charge is 0.444 e. The lowest BCUT2D eigenvalue weighted by Crippen LogP contribution is -2.39. The molecule has 0 saturated heterocycles. The summed E-state index contributed by atoms with van der Waals surface area (Å²) < 4.78 is 6.42. The second-order valence-electron chi connectivity index (χ2n) is 6.72. The molecular formula is C16H27BrN2O2S. The van der Waals surface area contributed by atoms with Crippen LogP contribution in [0.15, 0.2) is 15.9 Å². The van der Waals surface area contributed by atoms with Gasteiger partial charge in [0.05, 0.1) is 3.79 Å². The number of amides is 1. The highest BCUT2D eigenvalue weighted by atomic mass is 79.9. The SMILES string of the molecule is CC(C)C(CNCc1ccc(Br)s1)CNC(=O)OC(C)(C)C. The van der Waals surface area contributed by atoms with E-state index >= 15 is 0 Å². The molecule has 1 amide bonds. The number of alkyl carbamates (subject to hydrolysis) is 1. The van der Waals surface area contributed by atoms with Crippen LogP contribution in [0.2, 0.25) is 0 Å². The Hall–Kier alpha value is -0.590. The van der Waals surface area contributed by atoms with Crippen LogP contribution in [0.25, 0.3) is 0 Å². The molecular weight excluding hydrogens is 364 g/mol. The van der Waals surface area contributed by atoms with E-state index in [1.165, 1.54) is 4.88 Å². The molecule has 0 aromatic carbocycles. The predicted molar refractivity (Wildman–Crippen MR) is 96.3 cm³/mol. The summed E-state index contributed by atoms with van der Waals surface area (Å²) in [5.41, 5.74) is -0.456. The van der Waals surface area contributed by atoms with Crippen LogP contribution in [0.5, 0.6) is 0 Å². The van der Waals surface area contributed by atoms with Gasteiger partial charge in [-0.1, -0.05) is 13.8 Å². The van der Waals surface area contributed by atoms with E-state index in [0.717, 1.165) is 16.9 Å². The summed E-state index contributed by atoms with van der Waals surface area (Å²) >= 11 is 5.21. The van der Waals surface area contributed by atoms with Crippen molar-refractivity contribution in [2.45, 2.75) is 46.8 Å². The van der Waals surface area contributed by atoms with Crippen LogP contribution in [0, 0.1) is 11.8 Å². The van der Waals surface area contributed by atoms with E-state index < -0.39 is 5.60 Å². The first-order chi connectivity index (χ1) is 10.2. The third-order valence-electron chi connectivity index (χ3n) is 3.18. The van der Waals surface area contributed by atoms with Crippen molar-refractivity contribution in [1.82, 2.24) is 10.6 Å². The Morgan fingerprint density at radius 2 is 2.00 bits per heavy atom. The first-order valence-corrected chi connectivity index (χ1v) is 9.20. The van der Waals surface area contributed by atoms with Crippen LogP contribution in [-0.4, -0.2) is 24.8 Å². The lowest BCUT2D eigenvalue weighted by molar-refractivity contribution is 0.0515. The number of ether oxygens (including phenoxy) is 1. The minimum atomic E-state index is -0.456. The van der Waals surface area contributed by atoms with Crippen molar-refractivity contribution >= 4 is 33.4 Å². The molecule has 0 fully saturated rings. The van der Waals surface area contributed by atoms with Gasteiger partial charge < -0.3 is 15.4 Å². The van der Waals surface area contributed by atoms with Gasteiger partial charge in [-0.15, -0.1) is 11.3 Å². The molecule has 2 N–H and O–H groups in total. The highest BCUT2D eigenvalue weighted by molar-refractivity contribution is 9.11. The van der Waals surface area contributed by atoms with Crippen molar-refractivity contribution < 1.29 is 9.53 Å². The van der Waals surface area contributed by atoms with E-state index in [9.17, 15) is 4.79 Å². The molecule has 0 saturated carbocycles. The van der Waals surface area contributed by atoms with Crippen LogP contribution in [0.3, 0.4) is 0 Å². The molecule has 0 aliphatic heterocycles. The Labute approximate surface area is 146 Å². The highest BCUT2D eigenvalue weighted by Crippen LogP contribution is 2.21. The Balaban J connectivity index is 2.34. The van der Waals surface area contributed by atoms with Gasteiger partial charge in [0.1, 0.15) is 5.60 Å². The molecule has 1 aromatic rings. The van der Waals surface area contributed by atoms with Gasteiger partial charge in [-0.25, -0.2) is 4.79 Å². The lowest BCUT2D eigenvalue weighted by atomic mass is 9.96. The first-order valence-electron chi connectivity index (χ1n) is 7.59. The molecule has 0 bridgehead atoms. The van der Waals surface area contributed by atoms with E-state index in [4.69, 9.17) is 4.74 Å². The van der Waals surface area contributed by atoms with E-state index in [1.807, 2.05) is 20.8 Å². The molecule has 1 atom stereocenters. The molecule has 126 valence electrons. The van der Waals surface area contributed by atoms with Gasteiger partial charge in [-0.3, -0.25) is 0 Å². The average molecular weight is 391 g/mol. The van der Waals surface area contributed by atoms with Gasteiger partial charge in [-0.2, -0.15) is 0 Å². The molecule has 1 rings (SSSR count). The topological polar surface area (TPSA) is 50.4 Å². The highest BCUT2D eigenvalue weighted by Gasteiger charge is 2.19. The summed E-state index contributed by atoms with van der Waals surface area (Å²) in [7, 11) is 0. The summed E-state index contributed by atoms with van der Waals surface area (Å²) in [4.78, 5) is 13.0. The third kappa shape index (κ3) is 8.15. The third-order valence-corrected chi connectivity index (χ3v) is 4.81. The Bertz CT molecular complexity index is 469. The second kappa shape index (κ2) is 8.89. The zero-order chi connectivity index (χ0) is 16.8. The Kier molecular flexibility index (Phi) is 7.86. The van der Waals surface area contributed by atoms with Crippen LogP contribution < -0.4 is 10.6 Å². The average Bonchev–Trinajstić information content (AvgIpc) is 2.76. The quantitative estimate of drug-likeness (QED) is 0.725. The van der Waals surface area contributed by atoms with E-state index in [0.29, 0.717) is 18.4 Å². The summed E-state index contributed by atoms with van der Waals surface area (Å²) in [5.74, 6) is 0.855. The summed E-state index contributed by atoms with van der Waals surface area (Å²) in [6, 6.07) is 4.18. The number of thiophene rings is 1. The Morgan fingerprint density at radius 1 is 1.32 bits per heavy atom. The molecule has 22 heavy (non-hydrogen) atoms. The number of hydrogen-bond acceptors (Lipinski definition) is 4. The second-order valence-corrected chi connectivity index (χ2v) is 9.27. The van der Waals surface area contributed by atoms with Gasteiger partial charge in [0.25, 0.3) is 0 Å². The number of carbonyl (C=O) groups excluding carboxylic acids is 1. The van der Waals surface area contributed by atoms with Gasteiger partial charge >= 0.3 is 6.09 Å². The minimum absolute atomic E-state index is 0.347. The molecule has 0 spiro atoms. The molecule has 6 heteroatoms. The fourth-order valence-electron chi connectivity index (χ4n) is 1.90. The van der Waals surface area contributed by atoms with E-state index in [1.54, 1.807) is 11.3 Å². The van der Waals surface area contributed by atoms with Crippen molar-refractivity contribution in [1.29, 1.82) is 0 Å². The summed E-state index contributed by atoms with van der Waals surface area (Å²) in [6.07, 6.45) is -0.347. The number of carbonyl (C=O) groups is 1. The van der Waals surface area contributed by atoms with Crippen molar-refractivity contribution in [3.05, 3.63) is 20.8 Å². The zero-order valence-electron chi connectivity index (χ0n) is 14.0. The van der Waals surface area contributed by atoms with Crippen molar-refractivity contribution in [3.63, 3.8) is 0 Å². The maximum absolute atomic E-state index is 11.7. The van der Waals surface area contributed by atoms with Crippen molar-refractivity contribution in [2.24, 2.45) is 11.8 Å². The Morgan fingerprint density at radius 3 is 2.50 bits per heavy atom. The normalized spacial score (nSPS) is 13.2. The zero-order valence-corrected chi connectivity index (χ0v) is 16.4. The van der Waals surface area contributed by atoms with Gasteiger partial charge in [0.2, 0.25) is 0 Å². The predicted octanol–water partition coefficient (Wildman–Crippen LogP) is 4.40. The molecule has 4 nitrogen and oxygen atoms in total. The van der Waals surface area contributed by atoms with Crippen molar-refractivity contribution in [3.8, 4) is 0 Å². The lowest BCUT2D eigenvalue weighted by Gasteiger charge is -2.24. The molecule has 0 radical (unpaired) electrons.